The Morgan fingerprint density at radius 1 is 1.67 bits per heavy atom. The summed E-state index contributed by atoms with van der Waals surface area (Å²) in [4.78, 5) is 15.4. The molecular weight excluding hydrogens is 349 g/mol. The van der Waals surface area contributed by atoms with Gasteiger partial charge in [0.2, 0.25) is 0 Å². The molecule has 18 heavy (non-hydrogen) atoms. The highest BCUT2D eigenvalue weighted by Crippen LogP contribution is 2.18. The van der Waals surface area contributed by atoms with Crippen LogP contribution in [0.1, 0.15) is 26.5 Å². The van der Waals surface area contributed by atoms with Crippen LogP contribution in [0.4, 0.5) is 5.82 Å². The summed E-state index contributed by atoms with van der Waals surface area (Å²) in [6.45, 7) is 3.76. The number of ether oxygens (including phenoxy) is 1. The van der Waals surface area contributed by atoms with Crippen LogP contribution in [0, 0.1) is 0 Å². The molecule has 0 fully saturated rings. The molecule has 1 rings (SSSR count). The van der Waals surface area contributed by atoms with Crippen LogP contribution < -0.4 is 11.4 Å². The fraction of sp³-hybridized carbons (Fsp3) is 0.636. The van der Waals surface area contributed by atoms with Gasteiger partial charge >= 0.3 is 5.69 Å². The van der Waals surface area contributed by atoms with Crippen LogP contribution >= 0.6 is 22.6 Å². The molecule has 6 nitrogen and oxygen atoms in total. The van der Waals surface area contributed by atoms with Gasteiger partial charge in [-0.15, -0.1) is 0 Å². The molecule has 1 aromatic rings. The van der Waals surface area contributed by atoms with Crippen LogP contribution in [-0.4, -0.2) is 31.3 Å². The molecule has 0 aromatic carbocycles. The number of hydrogen-bond acceptors (Lipinski definition) is 5. The van der Waals surface area contributed by atoms with Gasteiger partial charge in [0.1, 0.15) is 12.0 Å². The van der Waals surface area contributed by atoms with Crippen LogP contribution in [0.2, 0.25) is 0 Å². The molecule has 1 aromatic heterocycles. The minimum absolute atomic E-state index is 0.0856. The number of rotatable bonds is 6. The first-order chi connectivity index (χ1) is 8.49. The number of nitrogen functional groups attached to an aromatic ring is 1. The summed E-state index contributed by atoms with van der Waals surface area (Å²) in [6.07, 6.45) is 1.40. The topological polar surface area (TPSA) is 90.4 Å². The van der Waals surface area contributed by atoms with Gasteiger partial charge in [-0.25, -0.2) is 4.79 Å². The van der Waals surface area contributed by atoms with Gasteiger partial charge in [0.25, 0.3) is 0 Å². The summed E-state index contributed by atoms with van der Waals surface area (Å²) in [5.74, 6) is 0.187. The van der Waals surface area contributed by atoms with Crippen molar-refractivity contribution >= 4 is 28.4 Å². The quantitative estimate of drug-likeness (QED) is 0.577. The molecule has 0 bridgehead atoms. The largest absolute Gasteiger partial charge is 0.394 e. The zero-order valence-corrected chi connectivity index (χ0v) is 12.6. The van der Waals surface area contributed by atoms with E-state index >= 15 is 0 Å². The molecule has 0 aliphatic rings. The lowest BCUT2D eigenvalue weighted by atomic mass is 10.3. The van der Waals surface area contributed by atoms with E-state index in [2.05, 4.69) is 27.6 Å². The molecule has 0 spiro atoms. The number of alkyl halides is 1. The smallest absolute Gasteiger partial charge is 0.351 e. The monoisotopic (exact) mass is 367 g/mol. The van der Waals surface area contributed by atoms with E-state index in [-0.39, 0.29) is 22.5 Å². The number of aliphatic hydroxyl groups is 1. The van der Waals surface area contributed by atoms with Crippen molar-refractivity contribution in [1.82, 2.24) is 9.55 Å². The minimum Gasteiger partial charge on any atom is -0.394 e. The highest BCUT2D eigenvalue weighted by molar-refractivity contribution is 14.1. The third-order valence-electron chi connectivity index (χ3n) is 2.54. The van der Waals surface area contributed by atoms with Gasteiger partial charge in [-0.1, -0.05) is 36.4 Å². The lowest BCUT2D eigenvalue weighted by Gasteiger charge is -2.25. The van der Waals surface area contributed by atoms with Gasteiger partial charge < -0.3 is 15.6 Å². The predicted molar refractivity (Wildman–Crippen MR) is 77.7 cm³/mol. The molecule has 1 heterocycles. The highest BCUT2D eigenvalue weighted by atomic mass is 127. The van der Waals surface area contributed by atoms with Gasteiger partial charge in [-0.3, -0.25) is 4.57 Å². The lowest BCUT2D eigenvalue weighted by Crippen LogP contribution is -2.34. The Hall–Kier alpha value is -0.670. The van der Waals surface area contributed by atoms with E-state index in [0.717, 1.165) is 0 Å². The maximum absolute atomic E-state index is 11.7. The second-order valence-corrected chi connectivity index (χ2v) is 5.90. The number of nitrogens with zero attached hydrogens (tertiary/aromatic N) is 2. The summed E-state index contributed by atoms with van der Waals surface area (Å²) < 4.78 is 7.27. The molecule has 7 heteroatoms. The maximum atomic E-state index is 11.7. The SMILES string of the molecule is CC[C@@H](O[C@H](CO)C(C)I)n1ccc(N)nc1=O. The summed E-state index contributed by atoms with van der Waals surface area (Å²) in [5, 5.41) is 9.25. The van der Waals surface area contributed by atoms with Gasteiger partial charge in [-0.05, 0) is 12.5 Å². The van der Waals surface area contributed by atoms with Crippen molar-refractivity contribution in [2.75, 3.05) is 12.3 Å². The maximum Gasteiger partial charge on any atom is 0.351 e. The summed E-state index contributed by atoms with van der Waals surface area (Å²) in [7, 11) is 0. The fourth-order valence-corrected chi connectivity index (χ4v) is 1.90. The number of aliphatic hydroxyl groups excluding tert-OH is 1. The molecule has 3 atom stereocenters. The normalized spacial score (nSPS) is 16.2. The third-order valence-corrected chi connectivity index (χ3v) is 3.34. The Labute approximate surface area is 119 Å². The minimum atomic E-state index is -0.445. The predicted octanol–water partition coefficient (Wildman–Crippen LogP) is 0.935. The molecule has 3 N–H and O–H groups in total. The van der Waals surface area contributed by atoms with Crippen molar-refractivity contribution in [3.8, 4) is 0 Å². The van der Waals surface area contributed by atoms with Crippen molar-refractivity contribution in [3.63, 3.8) is 0 Å². The van der Waals surface area contributed by atoms with Crippen molar-refractivity contribution in [1.29, 1.82) is 0 Å². The average Bonchev–Trinajstić information content (AvgIpc) is 2.31. The number of nitrogens with two attached hydrogens (primary N) is 1. The Morgan fingerprint density at radius 2 is 2.33 bits per heavy atom. The van der Waals surface area contributed by atoms with Gasteiger partial charge in [-0.2, -0.15) is 4.98 Å². The molecule has 0 radical (unpaired) electrons. The standard InChI is InChI=1S/C11H18IN3O3/c1-3-10(18-8(6-16)7(2)12)15-5-4-9(13)14-11(15)17/h4-5,7-8,10,16H,3,6H2,1-2H3,(H2,13,14,17)/t7?,8-,10-/m1/s1. The molecule has 0 aliphatic carbocycles. The fourth-order valence-electron chi connectivity index (χ4n) is 1.50. The molecule has 0 saturated carbocycles. The van der Waals surface area contributed by atoms with E-state index in [1.54, 1.807) is 12.3 Å². The van der Waals surface area contributed by atoms with Crippen LogP contribution in [0.15, 0.2) is 17.1 Å². The van der Waals surface area contributed by atoms with Crippen LogP contribution in [0.5, 0.6) is 0 Å². The molecule has 0 aliphatic heterocycles. The van der Waals surface area contributed by atoms with E-state index in [0.29, 0.717) is 6.42 Å². The number of aromatic nitrogens is 2. The first-order valence-corrected chi connectivity index (χ1v) is 6.99. The van der Waals surface area contributed by atoms with Crippen LogP contribution in [0.25, 0.3) is 0 Å². The molecule has 0 saturated heterocycles. The van der Waals surface area contributed by atoms with Gasteiger partial charge in [0, 0.05) is 10.1 Å². The first kappa shape index (κ1) is 15.4. The number of halogens is 1. The van der Waals surface area contributed by atoms with Gasteiger partial charge in [0.15, 0.2) is 0 Å². The van der Waals surface area contributed by atoms with E-state index in [1.165, 1.54) is 4.57 Å². The van der Waals surface area contributed by atoms with E-state index in [4.69, 9.17) is 10.5 Å². The van der Waals surface area contributed by atoms with E-state index in [1.807, 2.05) is 13.8 Å². The Kier molecular flexibility index (Phi) is 6.03. The molecular formula is C11H18IN3O3. The second kappa shape index (κ2) is 7.05. The van der Waals surface area contributed by atoms with Crippen molar-refractivity contribution in [3.05, 3.63) is 22.7 Å². The van der Waals surface area contributed by atoms with Crippen LogP contribution in [0.3, 0.4) is 0 Å². The Balaban J connectivity index is 2.92. The van der Waals surface area contributed by atoms with Crippen molar-refractivity contribution in [2.45, 2.75) is 36.5 Å². The average molecular weight is 367 g/mol. The third kappa shape index (κ3) is 3.92. The zero-order valence-electron chi connectivity index (χ0n) is 10.4. The highest BCUT2D eigenvalue weighted by Gasteiger charge is 2.20. The molecule has 102 valence electrons. The second-order valence-electron chi connectivity index (χ2n) is 3.94. The van der Waals surface area contributed by atoms with E-state index < -0.39 is 11.9 Å². The first-order valence-electron chi connectivity index (χ1n) is 5.74. The van der Waals surface area contributed by atoms with Gasteiger partial charge in [0.05, 0.1) is 12.7 Å². The van der Waals surface area contributed by atoms with Crippen molar-refractivity contribution in [2.24, 2.45) is 0 Å². The van der Waals surface area contributed by atoms with E-state index in [9.17, 15) is 9.90 Å². The molecule has 1 unspecified atom stereocenters. The summed E-state index contributed by atoms with van der Waals surface area (Å²) >= 11 is 2.18. The number of hydrogen-bond donors (Lipinski definition) is 2. The zero-order chi connectivity index (χ0) is 13.7. The summed E-state index contributed by atoms with van der Waals surface area (Å²) in [6, 6.07) is 1.55. The molecule has 0 amide bonds. The van der Waals surface area contributed by atoms with Crippen molar-refractivity contribution < 1.29 is 9.84 Å². The van der Waals surface area contributed by atoms with Crippen LogP contribution in [-0.2, 0) is 4.74 Å². The lowest BCUT2D eigenvalue weighted by molar-refractivity contribution is -0.0749. The Bertz CT molecular complexity index is 436. The Morgan fingerprint density at radius 3 is 2.78 bits per heavy atom. The summed E-state index contributed by atoms with van der Waals surface area (Å²) in [5.41, 5.74) is 4.99. The number of anilines is 1.